The van der Waals surface area contributed by atoms with E-state index in [2.05, 4.69) is 35.6 Å². The number of anilines is 1. The van der Waals surface area contributed by atoms with E-state index in [0.717, 1.165) is 25.0 Å². The third-order valence-electron chi connectivity index (χ3n) is 3.63. The van der Waals surface area contributed by atoms with E-state index in [1.54, 1.807) is 5.92 Å². The maximum absolute atomic E-state index is 11.0. The molecular weight excluding hydrogens is 324 g/mol. The third kappa shape index (κ3) is 6.43. The summed E-state index contributed by atoms with van der Waals surface area (Å²) in [7, 11) is 0. The van der Waals surface area contributed by atoms with Crippen LogP contribution in [0.1, 0.15) is 56.2 Å². The van der Waals surface area contributed by atoms with Crippen LogP contribution in [0.4, 0.5) is 5.13 Å². The van der Waals surface area contributed by atoms with Gasteiger partial charge in [0.2, 0.25) is 5.91 Å². The quantitative estimate of drug-likeness (QED) is 0.669. The van der Waals surface area contributed by atoms with Gasteiger partial charge in [-0.05, 0) is 48.6 Å². The maximum Gasteiger partial charge on any atom is 0.223 e. The van der Waals surface area contributed by atoms with Crippen LogP contribution >= 0.6 is 22.7 Å². The maximum atomic E-state index is 11.0. The van der Waals surface area contributed by atoms with Gasteiger partial charge >= 0.3 is 0 Å². The molecule has 0 unspecified atom stereocenters. The number of carbonyl (C=O) groups excluding carboxylic acids is 1. The van der Waals surface area contributed by atoms with Crippen molar-refractivity contribution in [1.82, 2.24) is 4.98 Å². The highest BCUT2D eigenvalue weighted by Crippen LogP contribution is 2.23. The molecule has 2 rings (SSSR count). The summed E-state index contributed by atoms with van der Waals surface area (Å²) in [4.78, 5) is 16.9. The van der Waals surface area contributed by atoms with Gasteiger partial charge in [-0.1, -0.05) is 26.7 Å². The largest absolute Gasteiger partial charge is 0.302 e. The third-order valence-corrected chi connectivity index (χ3v) is 5.49. The molecule has 0 aromatic carbocycles. The van der Waals surface area contributed by atoms with Crippen LogP contribution in [-0.4, -0.2) is 10.9 Å². The highest BCUT2D eigenvalue weighted by molar-refractivity contribution is 7.14. The molecule has 0 saturated heterocycles. The summed E-state index contributed by atoms with van der Waals surface area (Å²) >= 11 is 3.34. The molecule has 2 aromatic heterocycles. The van der Waals surface area contributed by atoms with Crippen LogP contribution in [0.3, 0.4) is 0 Å². The molecule has 2 aromatic rings. The molecule has 23 heavy (non-hydrogen) atoms. The Balaban J connectivity index is 1.80. The van der Waals surface area contributed by atoms with Crippen molar-refractivity contribution in [3.05, 3.63) is 38.9 Å². The summed E-state index contributed by atoms with van der Waals surface area (Å²) in [6.45, 7) is 6.02. The van der Waals surface area contributed by atoms with Crippen LogP contribution < -0.4 is 5.32 Å². The van der Waals surface area contributed by atoms with Crippen molar-refractivity contribution < 1.29 is 4.79 Å². The average Bonchev–Trinajstić information content (AvgIpc) is 3.12. The summed E-state index contributed by atoms with van der Waals surface area (Å²) in [5.74, 6) is 1.51. The number of thiophene rings is 1. The number of nitrogens with zero attached hydrogens (tertiary/aromatic N) is 1. The van der Waals surface area contributed by atoms with Gasteiger partial charge in [-0.15, -0.1) is 22.7 Å². The fraction of sp³-hybridized carbons (Fsp3) is 0.500. The Kier molecular flexibility index (Phi) is 7.24. The zero-order valence-corrected chi connectivity index (χ0v) is 15.8. The second-order valence-corrected chi connectivity index (χ2v) is 7.84. The molecular formula is C18H25N2OS2. The van der Waals surface area contributed by atoms with Crippen molar-refractivity contribution in [3.63, 3.8) is 0 Å². The van der Waals surface area contributed by atoms with E-state index in [-0.39, 0.29) is 5.91 Å². The fourth-order valence-corrected chi connectivity index (χ4v) is 4.13. The monoisotopic (exact) mass is 349 g/mol. The second-order valence-electron chi connectivity index (χ2n) is 5.98. The predicted molar refractivity (Wildman–Crippen MR) is 100 cm³/mol. The Labute approximate surface area is 147 Å². The number of nitrogens with one attached hydrogen (secondary N) is 1. The van der Waals surface area contributed by atoms with Crippen molar-refractivity contribution in [2.75, 3.05) is 5.32 Å². The minimum absolute atomic E-state index is 0.0662. The number of hydrogen-bond acceptors (Lipinski definition) is 4. The van der Waals surface area contributed by atoms with Gasteiger partial charge in [-0.25, -0.2) is 4.98 Å². The number of rotatable bonds is 9. The number of carbonyl (C=O) groups is 1. The second kappa shape index (κ2) is 9.18. The Hall–Kier alpha value is -1.20. The van der Waals surface area contributed by atoms with Gasteiger partial charge in [0.05, 0.1) is 5.69 Å². The minimum atomic E-state index is -0.0662. The Morgan fingerprint density at radius 1 is 1.22 bits per heavy atom. The molecule has 0 fully saturated rings. The van der Waals surface area contributed by atoms with E-state index in [9.17, 15) is 4.79 Å². The zero-order valence-electron chi connectivity index (χ0n) is 14.1. The summed E-state index contributed by atoms with van der Waals surface area (Å²) in [5.41, 5.74) is 2.50. The molecule has 0 aliphatic heterocycles. The molecule has 0 aliphatic carbocycles. The van der Waals surface area contributed by atoms with Gasteiger partial charge in [0.25, 0.3) is 0 Å². The summed E-state index contributed by atoms with van der Waals surface area (Å²) in [6.07, 6.45) is 6.85. The van der Waals surface area contributed by atoms with Crippen LogP contribution in [0.15, 0.2) is 16.8 Å². The number of thiazole rings is 1. The number of aromatic nitrogens is 1. The van der Waals surface area contributed by atoms with Gasteiger partial charge < -0.3 is 5.32 Å². The van der Waals surface area contributed by atoms with Crippen LogP contribution in [0.2, 0.25) is 0 Å². The van der Waals surface area contributed by atoms with Crippen molar-refractivity contribution in [2.24, 2.45) is 0 Å². The van der Waals surface area contributed by atoms with E-state index in [0.29, 0.717) is 5.13 Å². The van der Waals surface area contributed by atoms with Crippen molar-refractivity contribution in [1.29, 1.82) is 0 Å². The lowest BCUT2D eigenvalue weighted by molar-refractivity contribution is -0.114. The first-order chi connectivity index (χ1) is 11.1. The van der Waals surface area contributed by atoms with E-state index in [1.165, 1.54) is 48.0 Å². The van der Waals surface area contributed by atoms with Crippen molar-refractivity contribution in [2.45, 2.75) is 59.3 Å². The number of unbranched alkanes of at least 4 members (excludes halogenated alkanes) is 1. The molecule has 1 N–H and O–H groups in total. The number of hydrogen-bond donors (Lipinski definition) is 1. The van der Waals surface area contributed by atoms with Crippen LogP contribution in [-0.2, 0) is 24.1 Å². The molecule has 0 bridgehead atoms. The number of aryl methyl sites for hydroxylation is 2. The lowest BCUT2D eigenvalue weighted by Gasteiger charge is -2.07. The van der Waals surface area contributed by atoms with E-state index >= 15 is 0 Å². The molecule has 0 saturated carbocycles. The minimum Gasteiger partial charge on any atom is -0.302 e. The molecule has 0 aliphatic rings. The topological polar surface area (TPSA) is 42.0 Å². The van der Waals surface area contributed by atoms with Gasteiger partial charge in [-0.3, -0.25) is 4.79 Å². The lowest BCUT2D eigenvalue weighted by atomic mass is 9.97. The fourth-order valence-electron chi connectivity index (χ4n) is 2.45. The highest BCUT2D eigenvalue weighted by atomic mass is 32.1. The smallest absolute Gasteiger partial charge is 0.223 e. The first kappa shape index (κ1) is 18.1. The summed E-state index contributed by atoms with van der Waals surface area (Å²) in [5, 5.41) is 7.75. The first-order valence-corrected chi connectivity index (χ1v) is 9.92. The molecule has 2 heterocycles. The van der Waals surface area contributed by atoms with Crippen LogP contribution in [0.25, 0.3) is 0 Å². The van der Waals surface area contributed by atoms with Crippen LogP contribution in [0, 0.1) is 5.92 Å². The van der Waals surface area contributed by atoms with E-state index in [1.807, 2.05) is 16.7 Å². The standard InChI is InChI=1S/C18H25N2OS2/c1-4-5-6-13(2)9-15-10-17(22-11-15)8-7-16-12-23-18(20-16)19-14(3)21/h10-12H,4-9H2,1-3H3,(H,19,20,21). The average molecular weight is 350 g/mol. The molecule has 5 heteroatoms. The van der Waals surface area contributed by atoms with Gasteiger partial charge in [0.1, 0.15) is 0 Å². The zero-order chi connectivity index (χ0) is 16.7. The normalized spacial score (nSPS) is 11.1. The molecule has 125 valence electrons. The van der Waals surface area contributed by atoms with Gasteiger partial charge in [0.15, 0.2) is 5.13 Å². The SMILES string of the molecule is CCCC[C](C)Cc1csc(CCc2csc(NC(C)=O)n2)c1. The lowest BCUT2D eigenvalue weighted by Crippen LogP contribution is -2.05. The van der Waals surface area contributed by atoms with E-state index in [4.69, 9.17) is 0 Å². The number of amides is 1. The Bertz CT molecular complexity index is 618. The molecule has 0 spiro atoms. The molecule has 1 amide bonds. The Morgan fingerprint density at radius 3 is 2.78 bits per heavy atom. The summed E-state index contributed by atoms with van der Waals surface area (Å²) < 4.78 is 0. The highest BCUT2D eigenvalue weighted by Gasteiger charge is 2.08. The van der Waals surface area contributed by atoms with E-state index < -0.39 is 0 Å². The van der Waals surface area contributed by atoms with Gasteiger partial charge in [0, 0.05) is 17.2 Å². The Morgan fingerprint density at radius 2 is 2.04 bits per heavy atom. The molecule has 1 radical (unpaired) electrons. The van der Waals surface area contributed by atoms with Crippen molar-refractivity contribution in [3.8, 4) is 0 Å². The van der Waals surface area contributed by atoms with Crippen LogP contribution in [0.5, 0.6) is 0 Å². The van der Waals surface area contributed by atoms with Crippen molar-refractivity contribution >= 4 is 33.7 Å². The molecule has 0 atom stereocenters. The summed E-state index contributed by atoms with van der Waals surface area (Å²) in [6, 6.07) is 2.33. The first-order valence-electron chi connectivity index (χ1n) is 8.16. The van der Waals surface area contributed by atoms with Gasteiger partial charge in [-0.2, -0.15) is 0 Å². The predicted octanol–water partition coefficient (Wildman–Crippen LogP) is 5.28. The molecule has 3 nitrogen and oxygen atoms in total.